The molecule has 0 radical (unpaired) electrons. The van der Waals surface area contributed by atoms with Crippen LogP contribution >= 0.6 is 11.8 Å². The smallest absolute Gasteiger partial charge is 0.326 e. The number of carboxylic acid groups (broad SMARTS) is 1. The predicted octanol–water partition coefficient (Wildman–Crippen LogP) is 0.827. The van der Waals surface area contributed by atoms with Crippen molar-refractivity contribution in [2.75, 3.05) is 18.6 Å². The molecule has 0 aromatic carbocycles. The van der Waals surface area contributed by atoms with Gasteiger partial charge < -0.3 is 32.5 Å². The molecule has 10 nitrogen and oxygen atoms in total. The van der Waals surface area contributed by atoms with Crippen LogP contribution in [0.3, 0.4) is 0 Å². The molecule has 0 saturated heterocycles. The number of amides is 3. The van der Waals surface area contributed by atoms with Crippen LogP contribution in [0.5, 0.6) is 0 Å². The number of rotatable bonds is 18. The van der Waals surface area contributed by atoms with Crippen molar-refractivity contribution in [3.05, 3.63) is 0 Å². The number of carbonyl (C=O) groups is 4. The van der Waals surface area contributed by atoms with Crippen molar-refractivity contribution in [2.24, 2.45) is 23.3 Å². The lowest BCUT2D eigenvalue weighted by molar-refractivity contribution is -0.142. The summed E-state index contributed by atoms with van der Waals surface area (Å²) in [7, 11) is 0. The molecule has 11 heteroatoms. The van der Waals surface area contributed by atoms with Crippen LogP contribution in [-0.4, -0.2) is 71.5 Å². The number of hydrogen-bond acceptors (Lipinski definition) is 7. The summed E-state index contributed by atoms with van der Waals surface area (Å²) in [5.74, 6) is -1.84. The standard InChI is InChI=1S/C23H45N5O5S/c1-14(2)12-18(27-20(29)16(25)8-6-7-10-24)22(31)28-19(13-15(3)4)21(30)26-17(23(32)33)9-11-34-5/h14-19H,6-13,24-25H2,1-5H3,(H,26,30)(H,27,29)(H,28,31)(H,32,33). The molecule has 0 aromatic rings. The molecule has 0 rings (SSSR count). The van der Waals surface area contributed by atoms with Gasteiger partial charge in [-0.15, -0.1) is 0 Å². The SMILES string of the molecule is CSCCC(NC(=O)C(CC(C)C)NC(=O)C(CC(C)C)NC(=O)C(N)CCCCN)C(=O)O. The zero-order chi connectivity index (χ0) is 26.3. The van der Waals surface area contributed by atoms with E-state index >= 15 is 0 Å². The molecule has 0 heterocycles. The van der Waals surface area contributed by atoms with Gasteiger partial charge in [-0.3, -0.25) is 14.4 Å². The van der Waals surface area contributed by atoms with Crippen molar-refractivity contribution >= 4 is 35.5 Å². The number of hydrogen-bond donors (Lipinski definition) is 6. The molecule has 0 spiro atoms. The molecule has 4 unspecified atom stereocenters. The number of thioether (sulfide) groups is 1. The monoisotopic (exact) mass is 503 g/mol. The minimum atomic E-state index is -1.12. The molecular weight excluding hydrogens is 458 g/mol. The minimum absolute atomic E-state index is 0.0691. The van der Waals surface area contributed by atoms with Gasteiger partial charge in [0.05, 0.1) is 6.04 Å². The van der Waals surface area contributed by atoms with Crippen LogP contribution in [0.1, 0.15) is 66.2 Å². The van der Waals surface area contributed by atoms with Gasteiger partial charge in [0.2, 0.25) is 17.7 Å². The van der Waals surface area contributed by atoms with Gasteiger partial charge >= 0.3 is 5.97 Å². The number of carboxylic acids is 1. The average Bonchev–Trinajstić information content (AvgIpc) is 2.74. The number of nitrogens with one attached hydrogen (secondary N) is 3. The number of carbonyl (C=O) groups excluding carboxylic acids is 3. The highest BCUT2D eigenvalue weighted by molar-refractivity contribution is 7.98. The maximum absolute atomic E-state index is 13.1. The van der Waals surface area contributed by atoms with Crippen LogP contribution in [0, 0.1) is 11.8 Å². The average molecular weight is 504 g/mol. The zero-order valence-corrected chi connectivity index (χ0v) is 22.1. The van der Waals surface area contributed by atoms with E-state index in [4.69, 9.17) is 11.5 Å². The summed E-state index contributed by atoms with van der Waals surface area (Å²) in [6.45, 7) is 8.18. The fourth-order valence-electron chi connectivity index (χ4n) is 3.36. The summed E-state index contributed by atoms with van der Waals surface area (Å²) < 4.78 is 0. The van der Waals surface area contributed by atoms with E-state index < -0.39 is 47.9 Å². The van der Waals surface area contributed by atoms with E-state index in [1.165, 1.54) is 11.8 Å². The number of aliphatic carboxylic acids is 1. The molecule has 0 aliphatic heterocycles. The lowest BCUT2D eigenvalue weighted by Crippen LogP contribution is -2.57. The van der Waals surface area contributed by atoms with Crippen molar-refractivity contribution in [1.29, 1.82) is 0 Å². The highest BCUT2D eigenvalue weighted by atomic mass is 32.2. The Labute approximate surface area is 208 Å². The Morgan fingerprint density at radius 3 is 1.68 bits per heavy atom. The lowest BCUT2D eigenvalue weighted by Gasteiger charge is -2.27. The van der Waals surface area contributed by atoms with Crippen molar-refractivity contribution in [3.8, 4) is 0 Å². The Morgan fingerprint density at radius 2 is 1.26 bits per heavy atom. The first kappa shape index (κ1) is 32.1. The summed E-state index contributed by atoms with van der Waals surface area (Å²) >= 11 is 1.49. The van der Waals surface area contributed by atoms with Crippen LogP contribution < -0.4 is 27.4 Å². The van der Waals surface area contributed by atoms with E-state index in [-0.39, 0.29) is 18.3 Å². The van der Waals surface area contributed by atoms with Crippen LogP contribution in [0.25, 0.3) is 0 Å². The van der Waals surface area contributed by atoms with Gasteiger partial charge in [-0.2, -0.15) is 11.8 Å². The van der Waals surface area contributed by atoms with E-state index in [2.05, 4.69) is 16.0 Å². The molecule has 4 atom stereocenters. The fraction of sp³-hybridized carbons (Fsp3) is 0.826. The van der Waals surface area contributed by atoms with Gasteiger partial charge in [0.15, 0.2) is 0 Å². The maximum Gasteiger partial charge on any atom is 0.326 e. The molecule has 0 aromatic heterocycles. The van der Waals surface area contributed by atoms with Crippen molar-refractivity contribution in [1.82, 2.24) is 16.0 Å². The quantitative estimate of drug-likeness (QED) is 0.149. The molecule has 0 bridgehead atoms. The summed E-state index contributed by atoms with van der Waals surface area (Å²) in [5.41, 5.74) is 11.5. The summed E-state index contributed by atoms with van der Waals surface area (Å²) in [6, 6.07) is -3.57. The Bertz CT molecular complexity index is 647. The first-order valence-corrected chi connectivity index (χ1v) is 13.4. The van der Waals surface area contributed by atoms with E-state index in [0.717, 1.165) is 6.42 Å². The third-order valence-electron chi connectivity index (χ3n) is 5.21. The summed E-state index contributed by atoms with van der Waals surface area (Å²) in [5, 5.41) is 17.4. The van der Waals surface area contributed by atoms with Gasteiger partial charge in [0, 0.05) is 0 Å². The van der Waals surface area contributed by atoms with Crippen molar-refractivity contribution < 1.29 is 24.3 Å². The van der Waals surface area contributed by atoms with Crippen LogP contribution in [0.4, 0.5) is 0 Å². The topological polar surface area (TPSA) is 177 Å². The van der Waals surface area contributed by atoms with Gasteiger partial charge in [0.1, 0.15) is 18.1 Å². The van der Waals surface area contributed by atoms with E-state index in [0.29, 0.717) is 38.0 Å². The second-order valence-electron chi connectivity index (χ2n) is 9.45. The largest absolute Gasteiger partial charge is 0.480 e. The van der Waals surface area contributed by atoms with Crippen LogP contribution in [0.2, 0.25) is 0 Å². The Kier molecular flexibility index (Phi) is 16.6. The Morgan fingerprint density at radius 1 is 0.794 bits per heavy atom. The highest BCUT2D eigenvalue weighted by Crippen LogP contribution is 2.11. The third kappa shape index (κ3) is 13.8. The molecule has 0 fully saturated rings. The molecule has 34 heavy (non-hydrogen) atoms. The van der Waals surface area contributed by atoms with Crippen molar-refractivity contribution in [2.45, 2.75) is 90.4 Å². The Hall–Kier alpha value is -1.85. The normalized spacial score (nSPS) is 14.9. The van der Waals surface area contributed by atoms with Gasteiger partial charge in [-0.1, -0.05) is 34.1 Å². The van der Waals surface area contributed by atoms with Crippen molar-refractivity contribution in [3.63, 3.8) is 0 Å². The third-order valence-corrected chi connectivity index (χ3v) is 5.86. The summed E-state index contributed by atoms with van der Waals surface area (Å²) in [4.78, 5) is 50.1. The van der Waals surface area contributed by atoms with Crippen LogP contribution in [-0.2, 0) is 19.2 Å². The van der Waals surface area contributed by atoms with E-state index in [1.807, 2.05) is 34.0 Å². The Balaban J connectivity index is 5.39. The number of unbranched alkanes of at least 4 members (excludes halogenated alkanes) is 1. The molecule has 0 aliphatic rings. The predicted molar refractivity (Wildman–Crippen MR) is 136 cm³/mol. The second-order valence-corrected chi connectivity index (χ2v) is 10.4. The summed E-state index contributed by atoms with van der Waals surface area (Å²) in [6.07, 6.45) is 4.77. The van der Waals surface area contributed by atoms with Gasteiger partial charge in [-0.25, -0.2) is 4.79 Å². The first-order chi connectivity index (χ1) is 15.9. The lowest BCUT2D eigenvalue weighted by atomic mass is 9.99. The first-order valence-electron chi connectivity index (χ1n) is 12.0. The maximum atomic E-state index is 13.1. The minimum Gasteiger partial charge on any atom is -0.480 e. The van der Waals surface area contributed by atoms with Crippen LogP contribution in [0.15, 0.2) is 0 Å². The molecular formula is C23H45N5O5S. The fourth-order valence-corrected chi connectivity index (χ4v) is 3.83. The molecule has 0 saturated carbocycles. The molecule has 8 N–H and O–H groups in total. The van der Waals surface area contributed by atoms with E-state index in [9.17, 15) is 24.3 Å². The zero-order valence-electron chi connectivity index (χ0n) is 21.3. The molecule has 3 amide bonds. The van der Waals surface area contributed by atoms with Gasteiger partial charge in [0.25, 0.3) is 0 Å². The second kappa shape index (κ2) is 17.6. The number of nitrogens with two attached hydrogens (primary N) is 2. The molecule has 198 valence electrons. The van der Waals surface area contributed by atoms with E-state index in [1.54, 1.807) is 0 Å². The highest BCUT2D eigenvalue weighted by Gasteiger charge is 2.31. The molecule has 0 aliphatic carbocycles. The van der Waals surface area contributed by atoms with Gasteiger partial charge in [-0.05, 0) is 62.5 Å².